The number of furan rings is 1. The van der Waals surface area contributed by atoms with Gasteiger partial charge in [-0.3, -0.25) is 4.90 Å². The Morgan fingerprint density at radius 2 is 2.19 bits per heavy atom. The van der Waals surface area contributed by atoms with E-state index in [1.807, 2.05) is 6.07 Å². The van der Waals surface area contributed by atoms with E-state index in [9.17, 15) is 0 Å². The molecule has 2 heterocycles. The molecule has 0 spiro atoms. The summed E-state index contributed by atoms with van der Waals surface area (Å²) >= 11 is 0. The number of hydrogen-bond donors (Lipinski definition) is 0. The van der Waals surface area contributed by atoms with Gasteiger partial charge in [-0.2, -0.15) is 0 Å². The molecule has 3 atom stereocenters. The van der Waals surface area contributed by atoms with Crippen LogP contribution in [0.1, 0.15) is 49.0 Å². The van der Waals surface area contributed by atoms with Crippen LogP contribution < -0.4 is 4.74 Å². The van der Waals surface area contributed by atoms with Crippen molar-refractivity contribution in [3.63, 3.8) is 0 Å². The van der Waals surface area contributed by atoms with Gasteiger partial charge in [0.25, 0.3) is 0 Å². The number of likely N-dealkylation sites (tertiary alicyclic amines) is 1. The van der Waals surface area contributed by atoms with Crippen LogP contribution in [-0.4, -0.2) is 31.1 Å². The summed E-state index contributed by atoms with van der Waals surface area (Å²) in [6.07, 6.45) is 10.8. The average molecular weight is 351 g/mol. The zero-order valence-corrected chi connectivity index (χ0v) is 15.7. The number of methoxy groups -OCH3 is 1. The summed E-state index contributed by atoms with van der Waals surface area (Å²) in [5, 5.41) is 0. The van der Waals surface area contributed by atoms with Gasteiger partial charge in [0.15, 0.2) is 0 Å². The predicted octanol–water partition coefficient (Wildman–Crippen LogP) is 4.59. The fourth-order valence-electron chi connectivity index (χ4n) is 6.18. The molecule has 1 aromatic carbocycles. The van der Waals surface area contributed by atoms with E-state index in [-0.39, 0.29) is 0 Å². The van der Waals surface area contributed by atoms with Gasteiger partial charge in [-0.1, -0.05) is 18.9 Å². The molecule has 0 N–H and O–H groups in total. The van der Waals surface area contributed by atoms with Crippen LogP contribution in [0.3, 0.4) is 0 Å². The maximum atomic E-state index is 5.58. The lowest BCUT2D eigenvalue weighted by Crippen LogP contribution is -2.61. The molecule has 0 unspecified atom stereocenters. The SMILES string of the molecule is COc1ccc2c(c1)[C@@]13CCCC[C@H]1[C@H](C2)N(CCc1ccco1)CC3. The second kappa shape index (κ2) is 6.45. The molecule has 2 bridgehead atoms. The van der Waals surface area contributed by atoms with Gasteiger partial charge in [0, 0.05) is 24.4 Å². The second-order valence-electron chi connectivity index (χ2n) is 8.42. The third kappa shape index (κ3) is 2.51. The minimum absolute atomic E-state index is 0.395. The van der Waals surface area contributed by atoms with Gasteiger partial charge in [0.1, 0.15) is 11.5 Å². The summed E-state index contributed by atoms with van der Waals surface area (Å²) in [6.45, 7) is 2.34. The highest BCUT2D eigenvalue weighted by molar-refractivity contribution is 5.45. The second-order valence-corrected chi connectivity index (χ2v) is 8.42. The van der Waals surface area contributed by atoms with E-state index in [2.05, 4.69) is 29.2 Å². The van der Waals surface area contributed by atoms with Crippen molar-refractivity contribution in [2.45, 2.75) is 56.4 Å². The first-order valence-corrected chi connectivity index (χ1v) is 10.2. The molecule has 5 rings (SSSR count). The Bertz CT molecular complexity index is 769. The lowest BCUT2D eigenvalue weighted by atomic mass is 9.52. The van der Waals surface area contributed by atoms with Crippen LogP contribution in [0.25, 0.3) is 0 Å². The quantitative estimate of drug-likeness (QED) is 0.806. The van der Waals surface area contributed by atoms with Gasteiger partial charge in [-0.25, -0.2) is 0 Å². The van der Waals surface area contributed by atoms with Crippen molar-refractivity contribution in [3.8, 4) is 5.75 Å². The summed E-state index contributed by atoms with van der Waals surface area (Å²) in [6, 6.07) is 11.7. The van der Waals surface area contributed by atoms with Crippen LogP contribution in [0, 0.1) is 5.92 Å². The minimum Gasteiger partial charge on any atom is -0.497 e. The van der Waals surface area contributed by atoms with Gasteiger partial charge in [0.05, 0.1) is 13.4 Å². The van der Waals surface area contributed by atoms with Gasteiger partial charge < -0.3 is 9.15 Å². The molecule has 138 valence electrons. The molecule has 1 saturated heterocycles. The van der Waals surface area contributed by atoms with Crippen molar-refractivity contribution in [1.82, 2.24) is 4.90 Å². The molecule has 26 heavy (non-hydrogen) atoms. The molecule has 1 aromatic heterocycles. The van der Waals surface area contributed by atoms with E-state index < -0.39 is 0 Å². The van der Waals surface area contributed by atoms with Crippen LogP contribution in [0.4, 0.5) is 0 Å². The van der Waals surface area contributed by atoms with Crippen LogP contribution in [0.2, 0.25) is 0 Å². The minimum atomic E-state index is 0.395. The molecule has 3 aliphatic rings. The van der Waals surface area contributed by atoms with Crippen LogP contribution in [0.15, 0.2) is 41.0 Å². The highest BCUT2D eigenvalue weighted by Gasteiger charge is 2.53. The molecule has 2 aromatic rings. The molecule has 1 saturated carbocycles. The van der Waals surface area contributed by atoms with E-state index in [1.54, 1.807) is 24.5 Å². The largest absolute Gasteiger partial charge is 0.497 e. The third-order valence-corrected chi connectivity index (χ3v) is 7.38. The first-order chi connectivity index (χ1) is 12.8. The number of benzene rings is 1. The highest BCUT2D eigenvalue weighted by Crippen LogP contribution is 2.56. The Labute approximate surface area is 156 Å². The van der Waals surface area contributed by atoms with E-state index in [4.69, 9.17) is 9.15 Å². The van der Waals surface area contributed by atoms with Gasteiger partial charge in [-0.05, 0) is 73.5 Å². The lowest BCUT2D eigenvalue weighted by Gasteiger charge is -2.59. The van der Waals surface area contributed by atoms with E-state index >= 15 is 0 Å². The maximum absolute atomic E-state index is 5.58. The van der Waals surface area contributed by atoms with E-state index in [0.717, 1.165) is 30.4 Å². The van der Waals surface area contributed by atoms with Crippen molar-refractivity contribution in [1.29, 1.82) is 0 Å². The van der Waals surface area contributed by atoms with Gasteiger partial charge in [0.2, 0.25) is 0 Å². The van der Waals surface area contributed by atoms with Crippen molar-refractivity contribution in [2.75, 3.05) is 20.2 Å². The molecule has 3 nitrogen and oxygen atoms in total. The van der Waals surface area contributed by atoms with Gasteiger partial charge in [-0.15, -0.1) is 0 Å². The van der Waals surface area contributed by atoms with Crippen molar-refractivity contribution < 1.29 is 9.15 Å². The molecule has 2 aliphatic carbocycles. The number of fused-ring (bicyclic) bond motifs is 1. The van der Waals surface area contributed by atoms with Crippen LogP contribution in [-0.2, 0) is 18.3 Å². The Morgan fingerprint density at radius 1 is 1.23 bits per heavy atom. The Morgan fingerprint density at radius 3 is 3.04 bits per heavy atom. The summed E-state index contributed by atoms with van der Waals surface area (Å²) in [7, 11) is 1.79. The fourth-order valence-corrected chi connectivity index (χ4v) is 6.18. The summed E-state index contributed by atoms with van der Waals surface area (Å²) in [4.78, 5) is 2.77. The van der Waals surface area contributed by atoms with Crippen molar-refractivity contribution in [3.05, 3.63) is 53.5 Å². The number of ether oxygens (including phenoxy) is 1. The summed E-state index contributed by atoms with van der Waals surface area (Å²) in [5.41, 5.74) is 3.58. The molecule has 0 amide bonds. The predicted molar refractivity (Wildman–Crippen MR) is 103 cm³/mol. The molecule has 1 aliphatic heterocycles. The molecule has 2 fully saturated rings. The highest BCUT2D eigenvalue weighted by atomic mass is 16.5. The smallest absolute Gasteiger partial charge is 0.119 e. The summed E-state index contributed by atoms with van der Waals surface area (Å²) in [5.74, 6) is 2.95. The maximum Gasteiger partial charge on any atom is 0.119 e. The Kier molecular flexibility index (Phi) is 4.08. The number of hydrogen-bond acceptors (Lipinski definition) is 3. The first kappa shape index (κ1) is 16.4. The standard InChI is InChI=1S/C23H29NO2/c1-25-19-8-7-17-15-22-20-6-2-3-10-23(20,21(17)16-19)11-13-24(22)12-9-18-5-4-14-26-18/h4-5,7-8,14,16,20,22H,2-3,6,9-13,15H2,1H3/t20-,22-,23+/m0/s1. The van der Waals surface area contributed by atoms with E-state index in [1.165, 1.54) is 45.1 Å². The zero-order valence-electron chi connectivity index (χ0n) is 15.7. The molecular formula is C23H29NO2. The van der Waals surface area contributed by atoms with Crippen molar-refractivity contribution in [2.24, 2.45) is 5.92 Å². The molecule has 0 radical (unpaired) electrons. The van der Waals surface area contributed by atoms with Crippen LogP contribution in [0.5, 0.6) is 5.75 Å². The number of rotatable bonds is 4. The monoisotopic (exact) mass is 351 g/mol. The van der Waals surface area contributed by atoms with Gasteiger partial charge >= 0.3 is 0 Å². The lowest BCUT2D eigenvalue weighted by molar-refractivity contribution is -0.0112. The first-order valence-electron chi connectivity index (χ1n) is 10.2. The normalized spacial score (nSPS) is 30.5. The average Bonchev–Trinajstić information content (AvgIpc) is 3.20. The molecule has 3 heteroatoms. The third-order valence-electron chi connectivity index (χ3n) is 7.38. The number of piperidine rings is 1. The fraction of sp³-hybridized carbons (Fsp3) is 0.565. The van der Waals surface area contributed by atoms with E-state index in [0.29, 0.717) is 11.5 Å². The Hall–Kier alpha value is -1.74. The topological polar surface area (TPSA) is 25.6 Å². The number of nitrogens with zero attached hydrogens (tertiary/aromatic N) is 1. The molecular weight excluding hydrogens is 322 g/mol. The Balaban J connectivity index is 1.47. The van der Waals surface area contributed by atoms with Crippen LogP contribution >= 0.6 is 0 Å². The summed E-state index contributed by atoms with van der Waals surface area (Å²) < 4.78 is 11.1. The zero-order chi connectivity index (χ0) is 17.6. The van der Waals surface area contributed by atoms with Crippen molar-refractivity contribution >= 4 is 0 Å².